The summed E-state index contributed by atoms with van der Waals surface area (Å²) in [5.74, 6) is 0.0337. The Balaban J connectivity index is 2.38. The Bertz CT molecular complexity index is 706. The van der Waals surface area contributed by atoms with Gasteiger partial charge in [0.1, 0.15) is 11.4 Å². The molecule has 4 heteroatoms. The maximum atomic E-state index is 12.4. The molecule has 2 rings (SSSR count). The van der Waals surface area contributed by atoms with Crippen LogP contribution in [0.1, 0.15) is 50.2 Å². The number of ketones is 1. The molecule has 1 N–H and O–H groups in total. The van der Waals surface area contributed by atoms with Crippen LogP contribution in [0.25, 0.3) is 0 Å². The predicted molar refractivity (Wildman–Crippen MR) is 81.1 cm³/mol. The highest BCUT2D eigenvalue weighted by Crippen LogP contribution is 2.25. The lowest BCUT2D eigenvalue weighted by Crippen LogP contribution is -2.12. The van der Waals surface area contributed by atoms with Gasteiger partial charge in [0, 0.05) is 11.3 Å². The molecule has 0 saturated heterocycles. The third-order valence-corrected chi connectivity index (χ3v) is 3.60. The maximum Gasteiger partial charge on any atom is 0.360 e. The van der Waals surface area contributed by atoms with Crippen LogP contribution in [0.5, 0.6) is 5.75 Å². The van der Waals surface area contributed by atoms with E-state index in [1.54, 1.807) is 13.8 Å². The number of hydrogen-bond donors (Lipinski definition) is 1. The van der Waals surface area contributed by atoms with Crippen molar-refractivity contribution < 1.29 is 14.3 Å². The first-order valence-corrected chi connectivity index (χ1v) is 6.81. The van der Waals surface area contributed by atoms with Gasteiger partial charge in [-0.25, -0.2) is 4.79 Å². The molecule has 0 aliphatic rings. The lowest BCUT2D eigenvalue weighted by Gasteiger charge is -2.10. The highest BCUT2D eigenvalue weighted by molar-refractivity contribution is 6.01. The molecule has 0 aliphatic heterocycles. The molecule has 1 heterocycles. The van der Waals surface area contributed by atoms with E-state index in [1.807, 2.05) is 32.0 Å². The number of benzene rings is 1. The monoisotopic (exact) mass is 285 g/mol. The molecule has 4 nitrogen and oxygen atoms in total. The van der Waals surface area contributed by atoms with Gasteiger partial charge < -0.3 is 9.72 Å². The van der Waals surface area contributed by atoms with Crippen LogP contribution in [0.15, 0.2) is 18.2 Å². The maximum absolute atomic E-state index is 12.4. The first-order valence-electron chi connectivity index (χ1n) is 6.81. The number of nitrogens with one attached hydrogen (secondary N) is 1. The molecule has 0 unspecified atom stereocenters. The van der Waals surface area contributed by atoms with Gasteiger partial charge >= 0.3 is 5.97 Å². The van der Waals surface area contributed by atoms with Gasteiger partial charge in [0.05, 0.1) is 0 Å². The van der Waals surface area contributed by atoms with Gasteiger partial charge in [-0.2, -0.15) is 0 Å². The second kappa shape index (κ2) is 5.56. The molecule has 0 bridgehead atoms. The normalized spacial score (nSPS) is 10.5. The number of aryl methyl sites for hydroxylation is 3. The van der Waals surface area contributed by atoms with Crippen LogP contribution in [0, 0.1) is 27.7 Å². The summed E-state index contributed by atoms with van der Waals surface area (Å²) < 4.78 is 5.51. The summed E-state index contributed by atoms with van der Waals surface area (Å²) in [4.78, 5) is 26.9. The third kappa shape index (κ3) is 2.75. The lowest BCUT2D eigenvalue weighted by atomic mass is 10.1. The topological polar surface area (TPSA) is 59.2 Å². The van der Waals surface area contributed by atoms with Gasteiger partial charge in [0.2, 0.25) is 0 Å². The van der Waals surface area contributed by atoms with E-state index in [1.165, 1.54) is 6.92 Å². The Kier molecular flexibility index (Phi) is 3.98. The average molecular weight is 285 g/mol. The molecule has 0 spiro atoms. The van der Waals surface area contributed by atoms with Gasteiger partial charge in [0.15, 0.2) is 5.78 Å². The first-order chi connectivity index (χ1) is 9.82. The number of aromatic nitrogens is 1. The van der Waals surface area contributed by atoms with Crippen LogP contribution in [0.2, 0.25) is 0 Å². The van der Waals surface area contributed by atoms with Crippen molar-refractivity contribution >= 4 is 11.8 Å². The van der Waals surface area contributed by atoms with E-state index < -0.39 is 5.97 Å². The average Bonchev–Trinajstić information content (AvgIpc) is 2.69. The van der Waals surface area contributed by atoms with Crippen molar-refractivity contribution in [3.05, 3.63) is 51.8 Å². The molecule has 0 fully saturated rings. The molecule has 21 heavy (non-hydrogen) atoms. The fourth-order valence-electron chi connectivity index (χ4n) is 2.59. The number of aromatic amines is 1. The van der Waals surface area contributed by atoms with E-state index in [-0.39, 0.29) is 5.78 Å². The zero-order valence-electron chi connectivity index (χ0n) is 13.0. The minimum absolute atomic E-state index is 0.0626. The Hall–Kier alpha value is -2.36. The summed E-state index contributed by atoms with van der Waals surface area (Å²) in [5, 5.41) is 0. The molecule has 110 valence electrons. The van der Waals surface area contributed by atoms with Gasteiger partial charge in [-0.15, -0.1) is 0 Å². The number of esters is 1. The van der Waals surface area contributed by atoms with Crippen molar-refractivity contribution in [1.29, 1.82) is 0 Å². The molecular weight excluding hydrogens is 266 g/mol. The molecule has 1 aromatic carbocycles. The Morgan fingerprint density at radius 2 is 1.62 bits per heavy atom. The highest BCUT2D eigenvalue weighted by Gasteiger charge is 2.22. The number of carbonyl (C=O) groups excluding carboxylic acids is 2. The molecular formula is C17H19NO3. The fraction of sp³-hybridized carbons (Fsp3) is 0.294. The van der Waals surface area contributed by atoms with Gasteiger partial charge in [-0.1, -0.05) is 18.2 Å². The number of hydrogen-bond acceptors (Lipinski definition) is 3. The number of carbonyl (C=O) groups is 2. The van der Waals surface area contributed by atoms with E-state index in [0.717, 1.165) is 11.1 Å². The molecule has 0 atom stereocenters. The van der Waals surface area contributed by atoms with Crippen molar-refractivity contribution in [3.63, 3.8) is 0 Å². The number of para-hydroxylation sites is 1. The molecule has 0 aliphatic carbocycles. The largest absolute Gasteiger partial charge is 0.421 e. The molecule has 1 aromatic heterocycles. The highest BCUT2D eigenvalue weighted by atomic mass is 16.5. The quantitative estimate of drug-likeness (QED) is 0.532. The van der Waals surface area contributed by atoms with Crippen molar-refractivity contribution in [3.8, 4) is 5.75 Å². The van der Waals surface area contributed by atoms with E-state index in [0.29, 0.717) is 28.3 Å². The zero-order valence-corrected chi connectivity index (χ0v) is 13.0. The molecule has 2 aromatic rings. The van der Waals surface area contributed by atoms with Crippen molar-refractivity contribution in [1.82, 2.24) is 4.98 Å². The van der Waals surface area contributed by atoms with Crippen LogP contribution in [-0.2, 0) is 0 Å². The SMILES string of the molecule is CC(=O)c1c(C)[nH]c(C(=O)Oc2c(C)cccc2C)c1C. The zero-order chi connectivity index (χ0) is 15.7. The van der Waals surface area contributed by atoms with Crippen LogP contribution in [0.4, 0.5) is 0 Å². The summed E-state index contributed by atoms with van der Waals surface area (Å²) in [7, 11) is 0. The number of rotatable bonds is 3. The third-order valence-electron chi connectivity index (χ3n) is 3.60. The minimum Gasteiger partial charge on any atom is -0.421 e. The summed E-state index contributed by atoms with van der Waals surface area (Å²) in [6.07, 6.45) is 0. The molecule has 0 amide bonds. The number of ether oxygens (including phenoxy) is 1. The predicted octanol–water partition coefficient (Wildman–Crippen LogP) is 3.67. The second-order valence-corrected chi connectivity index (χ2v) is 5.29. The number of H-pyrrole nitrogens is 1. The Morgan fingerprint density at radius 1 is 1.05 bits per heavy atom. The summed E-state index contributed by atoms with van der Waals surface area (Å²) in [6.45, 7) is 8.80. The van der Waals surface area contributed by atoms with Crippen LogP contribution in [-0.4, -0.2) is 16.7 Å². The summed E-state index contributed by atoms with van der Waals surface area (Å²) >= 11 is 0. The first kappa shape index (κ1) is 15.0. The van der Waals surface area contributed by atoms with E-state index >= 15 is 0 Å². The van der Waals surface area contributed by atoms with Crippen molar-refractivity contribution in [2.45, 2.75) is 34.6 Å². The molecule has 0 saturated carbocycles. The van der Waals surface area contributed by atoms with E-state index in [4.69, 9.17) is 4.74 Å². The second-order valence-electron chi connectivity index (χ2n) is 5.29. The number of Topliss-reactive ketones (excluding diaryl/α,β-unsaturated/α-hetero) is 1. The summed E-state index contributed by atoms with van der Waals surface area (Å²) in [6, 6.07) is 5.70. The van der Waals surface area contributed by atoms with Crippen LogP contribution in [0.3, 0.4) is 0 Å². The van der Waals surface area contributed by atoms with Crippen LogP contribution < -0.4 is 4.74 Å². The van der Waals surface area contributed by atoms with Crippen molar-refractivity contribution in [2.24, 2.45) is 0 Å². The smallest absolute Gasteiger partial charge is 0.360 e. The Morgan fingerprint density at radius 3 is 2.10 bits per heavy atom. The minimum atomic E-state index is -0.472. The molecule has 0 radical (unpaired) electrons. The van der Waals surface area contributed by atoms with Crippen LogP contribution >= 0.6 is 0 Å². The summed E-state index contributed by atoms with van der Waals surface area (Å²) in [5.41, 5.74) is 4.01. The van der Waals surface area contributed by atoms with Gasteiger partial charge in [-0.3, -0.25) is 4.79 Å². The van der Waals surface area contributed by atoms with E-state index in [2.05, 4.69) is 4.98 Å². The standard InChI is InChI=1S/C17H19NO3/c1-9-7-6-8-10(2)16(9)21-17(20)15-11(3)14(13(5)19)12(4)18-15/h6-8,18H,1-5H3. The van der Waals surface area contributed by atoms with Crippen molar-refractivity contribution in [2.75, 3.05) is 0 Å². The lowest BCUT2D eigenvalue weighted by molar-refractivity contribution is 0.0726. The fourth-order valence-corrected chi connectivity index (χ4v) is 2.59. The van der Waals surface area contributed by atoms with E-state index in [9.17, 15) is 9.59 Å². The van der Waals surface area contributed by atoms with Gasteiger partial charge in [0.25, 0.3) is 0 Å². The Labute approximate surface area is 124 Å². The van der Waals surface area contributed by atoms with Gasteiger partial charge in [-0.05, 0) is 51.3 Å².